The molecule has 0 bridgehead atoms. The maximum atomic E-state index is 11.2. The van der Waals surface area contributed by atoms with Crippen molar-refractivity contribution in [2.24, 2.45) is 0 Å². The highest BCUT2D eigenvalue weighted by Gasteiger charge is 2.30. The average Bonchev–Trinajstić information content (AvgIpc) is 1.84. The summed E-state index contributed by atoms with van der Waals surface area (Å²) in [5.41, 5.74) is 0. The molecular weight excluding hydrogens is 200 g/mol. The van der Waals surface area contributed by atoms with E-state index in [9.17, 15) is 8.42 Å². The topological polar surface area (TPSA) is 46.2 Å². The largest absolute Gasteiger partial charge is 1.00 e. The second-order valence-electron chi connectivity index (χ2n) is 3.46. The van der Waals surface area contributed by atoms with E-state index in [1.807, 2.05) is 21.1 Å². The summed E-state index contributed by atoms with van der Waals surface area (Å²) < 4.78 is 25.1. The zero-order valence-electron chi connectivity index (χ0n) is 8.13. The van der Waals surface area contributed by atoms with Crippen LogP contribution in [0.25, 0.3) is 0 Å². The number of sulfonamides is 1. The van der Waals surface area contributed by atoms with Crippen LogP contribution < -0.4 is 17.1 Å². The van der Waals surface area contributed by atoms with Gasteiger partial charge in [0.2, 0.25) is 5.37 Å². The molecule has 0 aliphatic carbocycles. The van der Waals surface area contributed by atoms with Crippen molar-refractivity contribution in [2.45, 2.75) is 12.3 Å². The zero-order chi connectivity index (χ0) is 9.28. The number of nitrogens with zero attached hydrogens (tertiary/aromatic N) is 1. The first-order valence-corrected chi connectivity index (χ1v) is 5.00. The van der Waals surface area contributed by atoms with Crippen LogP contribution in [0.15, 0.2) is 0 Å². The Bertz CT molecular complexity index is 220. The van der Waals surface area contributed by atoms with Crippen LogP contribution in [0.4, 0.5) is 0 Å². The second kappa shape index (κ2) is 4.41. The van der Waals surface area contributed by atoms with Crippen LogP contribution in [0.1, 0.15) is 6.92 Å². The van der Waals surface area contributed by atoms with E-state index in [1.165, 1.54) is 7.05 Å². The Morgan fingerprint density at radius 2 is 1.58 bits per heavy atom. The molecular formula is C6H17ClN2O2S. The number of rotatable bonds is 3. The van der Waals surface area contributed by atoms with Gasteiger partial charge in [0.25, 0.3) is 10.0 Å². The smallest absolute Gasteiger partial charge is 0.265 e. The minimum Gasteiger partial charge on any atom is -1.00 e. The molecule has 0 aromatic rings. The summed E-state index contributed by atoms with van der Waals surface area (Å²) in [4.78, 5) is 0. The van der Waals surface area contributed by atoms with Crippen LogP contribution >= 0.6 is 0 Å². The van der Waals surface area contributed by atoms with Crippen LogP contribution in [0.3, 0.4) is 0 Å². The third-order valence-electron chi connectivity index (χ3n) is 1.82. The minimum atomic E-state index is -3.13. The van der Waals surface area contributed by atoms with Crippen LogP contribution in [-0.2, 0) is 10.0 Å². The van der Waals surface area contributed by atoms with Gasteiger partial charge in [0.05, 0.1) is 21.1 Å². The van der Waals surface area contributed by atoms with Crippen LogP contribution in [0.5, 0.6) is 0 Å². The summed E-state index contributed by atoms with van der Waals surface area (Å²) in [5.74, 6) is 0. The molecule has 12 heavy (non-hydrogen) atoms. The Labute approximate surface area is 81.0 Å². The molecule has 0 aliphatic heterocycles. The summed E-state index contributed by atoms with van der Waals surface area (Å²) in [6, 6.07) is 0. The van der Waals surface area contributed by atoms with Crippen LogP contribution in [0.2, 0.25) is 0 Å². The Morgan fingerprint density at radius 3 is 1.67 bits per heavy atom. The first kappa shape index (κ1) is 14.7. The summed E-state index contributed by atoms with van der Waals surface area (Å²) in [6.45, 7) is 1.69. The summed E-state index contributed by atoms with van der Waals surface area (Å²) in [5, 5.41) is -0.424. The summed E-state index contributed by atoms with van der Waals surface area (Å²) in [7, 11) is 3.84. The quantitative estimate of drug-likeness (QED) is 0.500. The van der Waals surface area contributed by atoms with Gasteiger partial charge < -0.3 is 16.9 Å². The second-order valence-corrected chi connectivity index (χ2v) is 5.65. The summed E-state index contributed by atoms with van der Waals surface area (Å²) >= 11 is 0. The molecule has 1 atom stereocenters. The Kier molecular flexibility index (Phi) is 5.39. The van der Waals surface area contributed by atoms with E-state index in [4.69, 9.17) is 0 Å². The molecule has 0 saturated heterocycles. The van der Waals surface area contributed by atoms with E-state index < -0.39 is 15.4 Å². The third kappa shape index (κ3) is 3.71. The van der Waals surface area contributed by atoms with Crippen LogP contribution in [-0.4, -0.2) is 46.5 Å². The van der Waals surface area contributed by atoms with E-state index in [2.05, 4.69) is 4.72 Å². The first-order valence-electron chi connectivity index (χ1n) is 3.45. The molecule has 0 aliphatic rings. The van der Waals surface area contributed by atoms with Crippen LogP contribution in [0, 0.1) is 0 Å². The molecule has 1 N–H and O–H groups in total. The molecule has 1 unspecified atom stereocenters. The molecule has 0 aromatic carbocycles. The van der Waals surface area contributed by atoms with E-state index in [0.29, 0.717) is 4.48 Å². The van der Waals surface area contributed by atoms with Gasteiger partial charge in [-0.3, -0.25) is 0 Å². The molecule has 0 saturated carbocycles. The Morgan fingerprint density at radius 1 is 1.25 bits per heavy atom. The fourth-order valence-corrected chi connectivity index (χ4v) is 1.76. The van der Waals surface area contributed by atoms with Gasteiger partial charge in [-0.25, -0.2) is 13.1 Å². The fourth-order valence-electron chi connectivity index (χ4n) is 0.587. The third-order valence-corrected chi connectivity index (χ3v) is 3.92. The van der Waals surface area contributed by atoms with E-state index in [-0.39, 0.29) is 12.4 Å². The van der Waals surface area contributed by atoms with Gasteiger partial charge in [-0.1, -0.05) is 0 Å². The van der Waals surface area contributed by atoms with Crippen molar-refractivity contribution < 1.29 is 25.3 Å². The normalized spacial score (nSPS) is 15.1. The first-order chi connectivity index (χ1) is 4.72. The van der Waals surface area contributed by atoms with Crippen molar-refractivity contribution in [3.63, 3.8) is 0 Å². The molecule has 0 heterocycles. The lowest BCUT2D eigenvalue weighted by Crippen LogP contribution is -3.00. The molecule has 0 spiro atoms. The lowest BCUT2D eigenvalue weighted by atomic mass is 10.6. The standard InChI is InChI=1S/C6H17N2O2S.ClH/c1-6(8(3,4)5)11(9,10)7-2;/h6-7H,1-5H3;1H/q+1;/p-1. The molecule has 0 aromatic heterocycles. The predicted octanol–water partition coefficient (Wildman–Crippen LogP) is -3.41. The highest BCUT2D eigenvalue weighted by molar-refractivity contribution is 7.89. The Balaban J connectivity index is 0. The van der Waals surface area contributed by atoms with Crippen molar-refractivity contribution in [3.8, 4) is 0 Å². The highest BCUT2D eigenvalue weighted by atomic mass is 35.5. The van der Waals surface area contributed by atoms with E-state index in [0.717, 1.165) is 0 Å². The minimum absolute atomic E-state index is 0. The molecule has 76 valence electrons. The molecule has 0 radical (unpaired) electrons. The fraction of sp³-hybridized carbons (Fsp3) is 1.00. The van der Waals surface area contributed by atoms with Gasteiger partial charge in [0.15, 0.2) is 0 Å². The highest BCUT2D eigenvalue weighted by Crippen LogP contribution is 2.07. The monoisotopic (exact) mass is 216 g/mol. The number of hydrogen-bond donors (Lipinski definition) is 1. The SMILES string of the molecule is CNS(=O)(=O)C(C)[N+](C)(C)C.[Cl-]. The van der Waals surface area contributed by atoms with E-state index in [1.54, 1.807) is 6.92 Å². The van der Waals surface area contributed by atoms with Gasteiger partial charge in [0, 0.05) is 6.92 Å². The number of quaternary nitrogens is 1. The number of nitrogens with one attached hydrogen (secondary N) is 1. The zero-order valence-corrected chi connectivity index (χ0v) is 9.70. The van der Waals surface area contributed by atoms with Crippen molar-refractivity contribution in [1.29, 1.82) is 0 Å². The lowest BCUT2D eigenvalue weighted by molar-refractivity contribution is -0.879. The molecule has 0 rings (SSSR count). The van der Waals surface area contributed by atoms with Crippen molar-refractivity contribution >= 4 is 10.0 Å². The number of halogens is 1. The van der Waals surface area contributed by atoms with Gasteiger partial charge >= 0.3 is 0 Å². The average molecular weight is 217 g/mol. The van der Waals surface area contributed by atoms with Crippen molar-refractivity contribution in [1.82, 2.24) is 4.72 Å². The Hall–Kier alpha value is 0.160. The van der Waals surface area contributed by atoms with E-state index >= 15 is 0 Å². The molecule has 6 heteroatoms. The maximum absolute atomic E-state index is 11.2. The number of hydrogen-bond acceptors (Lipinski definition) is 2. The lowest BCUT2D eigenvalue weighted by Gasteiger charge is -2.30. The van der Waals surface area contributed by atoms with Gasteiger partial charge in [0.1, 0.15) is 0 Å². The van der Waals surface area contributed by atoms with Crippen molar-refractivity contribution in [3.05, 3.63) is 0 Å². The molecule has 0 fully saturated rings. The molecule has 0 amide bonds. The summed E-state index contributed by atoms with van der Waals surface area (Å²) in [6.07, 6.45) is 0. The van der Waals surface area contributed by atoms with Gasteiger partial charge in [-0.15, -0.1) is 0 Å². The van der Waals surface area contributed by atoms with Crippen molar-refractivity contribution in [2.75, 3.05) is 28.2 Å². The maximum Gasteiger partial charge on any atom is 0.265 e. The van der Waals surface area contributed by atoms with Gasteiger partial charge in [-0.05, 0) is 7.05 Å². The van der Waals surface area contributed by atoms with Gasteiger partial charge in [-0.2, -0.15) is 0 Å². The predicted molar refractivity (Wildman–Crippen MR) is 45.5 cm³/mol. The molecule has 4 nitrogen and oxygen atoms in total.